The monoisotopic (exact) mass is 620 g/mol. The molecular weight excluding hydrogens is 588 g/mol. The van der Waals surface area contributed by atoms with E-state index >= 15 is 0 Å². The largest absolute Gasteiger partial charge is 0.508 e. The third-order valence-corrected chi connectivity index (χ3v) is 9.19. The number of furan rings is 1. The molecule has 3 aromatic rings. The minimum atomic E-state index is -2.71. The predicted molar refractivity (Wildman–Crippen MR) is 158 cm³/mol. The van der Waals surface area contributed by atoms with Crippen molar-refractivity contribution in [1.29, 1.82) is 0 Å². The van der Waals surface area contributed by atoms with Gasteiger partial charge in [0, 0.05) is 31.3 Å². The number of ketones is 2. The van der Waals surface area contributed by atoms with Gasteiger partial charge in [-0.15, -0.1) is 0 Å². The lowest BCUT2D eigenvalue weighted by Crippen LogP contribution is -2.65. The van der Waals surface area contributed by atoms with E-state index in [0.29, 0.717) is 16.8 Å². The second-order valence-corrected chi connectivity index (χ2v) is 12.2. The average molecular weight is 621 g/mol. The van der Waals surface area contributed by atoms with Crippen LogP contribution in [0.2, 0.25) is 0 Å². The number of amides is 1. The number of carbonyl (C=O) groups excluding carboxylic acids is 3. The number of carboxylic acids is 1. The lowest BCUT2D eigenvalue weighted by Gasteiger charge is -2.50. The maximum Gasteiger partial charge on any atom is 0.313 e. The van der Waals surface area contributed by atoms with Crippen molar-refractivity contribution in [2.45, 2.75) is 37.3 Å². The summed E-state index contributed by atoms with van der Waals surface area (Å²) >= 11 is 0. The van der Waals surface area contributed by atoms with Gasteiger partial charge in [0.05, 0.1) is 11.6 Å². The lowest BCUT2D eigenvalue weighted by molar-refractivity contribution is -0.153. The number of rotatable bonds is 6. The number of benzene rings is 1. The highest BCUT2D eigenvalue weighted by Crippen LogP contribution is 2.53. The molecule has 1 amide bonds. The molecule has 0 bridgehead atoms. The number of carboxylic acid groups (broad SMARTS) is 1. The van der Waals surface area contributed by atoms with Gasteiger partial charge in [-0.25, -0.2) is 4.98 Å². The normalized spacial score (nSPS) is 25.4. The van der Waals surface area contributed by atoms with Gasteiger partial charge >= 0.3 is 5.97 Å². The molecule has 5 atom stereocenters. The zero-order chi connectivity index (χ0) is 32.9. The van der Waals surface area contributed by atoms with Crippen molar-refractivity contribution in [3.63, 3.8) is 0 Å². The molecule has 1 aromatic carbocycles. The summed E-state index contributed by atoms with van der Waals surface area (Å²) in [5.41, 5.74) is 3.51. The Balaban J connectivity index is 1.56. The molecule has 6 N–H and O–H groups in total. The van der Waals surface area contributed by atoms with Crippen molar-refractivity contribution in [3.8, 4) is 11.7 Å². The number of anilines is 1. The quantitative estimate of drug-likeness (QED) is 0.249. The van der Waals surface area contributed by atoms with E-state index in [-0.39, 0.29) is 47.0 Å². The summed E-state index contributed by atoms with van der Waals surface area (Å²) < 4.78 is 11.8. The maximum atomic E-state index is 14.2. The molecular formula is C31H32N4O10. The van der Waals surface area contributed by atoms with Gasteiger partial charge < -0.3 is 39.9 Å². The number of likely N-dealkylation sites (N-methyl/N-ethyl adjacent to an activating group) is 1. The zero-order valence-corrected chi connectivity index (χ0v) is 25.1. The first-order valence-corrected chi connectivity index (χ1v) is 14.2. The van der Waals surface area contributed by atoms with E-state index in [1.54, 1.807) is 34.3 Å². The van der Waals surface area contributed by atoms with Gasteiger partial charge in [0.25, 0.3) is 11.8 Å². The second-order valence-electron chi connectivity index (χ2n) is 12.2. The van der Waals surface area contributed by atoms with Crippen LogP contribution in [0.15, 0.2) is 43.9 Å². The SMILES string of the molecule is CC(C(=O)O)c1ccc(-c2nc3cc(N(C)C)c4c(c3o2)C(O)=C2C(=O)[C@]3(O)C(O)=C(C(N)=O)C(=O)[C@@H](N(C)C)[C@@H]3C[C@@H]2C4)o1. The van der Waals surface area contributed by atoms with Gasteiger partial charge in [-0.1, -0.05) is 0 Å². The topological polar surface area (TPSA) is 221 Å². The van der Waals surface area contributed by atoms with Crippen molar-refractivity contribution in [2.24, 2.45) is 17.6 Å². The van der Waals surface area contributed by atoms with E-state index in [2.05, 4.69) is 4.98 Å². The van der Waals surface area contributed by atoms with Gasteiger partial charge in [-0.2, -0.15) is 0 Å². The van der Waals surface area contributed by atoms with E-state index in [4.69, 9.17) is 14.6 Å². The van der Waals surface area contributed by atoms with Crippen molar-refractivity contribution in [2.75, 3.05) is 33.1 Å². The highest BCUT2D eigenvalue weighted by atomic mass is 16.4. The molecule has 0 radical (unpaired) electrons. The Morgan fingerprint density at radius 2 is 1.82 bits per heavy atom. The molecule has 2 heterocycles. The van der Waals surface area contributed by atoms with E-state index in [1.165, 1.54) is 24.0 Å². The Bertz CT molecular complexity index is 1900. The molecule has 14 nitrogen and oxygen atoms in total. The van der Waals surface area contributed by atoms with Crippen molar-refractivity contribution in [1.82, 2.24) is 9.88 Å². The molecule has 0 saturated heterocycles. The van der Waals surface area contributed by atoms with Crippen LogP contribution in [-0.2, 0) is 25.6 Å². The molecule has 6 rings (SSSR count). The van der Waals surface area contributed by atoms with Crippen LogP contribution in [0.3, 0.4) is 0 Å². The number of hydrogen-bond donors (Lipinski definition) is 5. The van der Waals surface area contributed by atoms with Crippen LogP contribution in [-0.4, -0.2) is 93.6 Å². The average Bonchev–Trinajstić information content (AvgIpc) is 3.61. The van der Waals surface area contributed by atoms with E-state index in [9.17, 15) is 39.6 Å². The Hall–Kier alpha value is -4.95. The summed E-state index contributed by atoms with van der Waals surface area (Å²) in [6.45, 7) is 1.47. The number of aliphatic hydroxyl groups is 3. The molecule has 0 aliphatic heterocycles. The van der Waals surface area contributed by atoms with Crippen LogP contribution in [0.1, 0.15) is 36.1 Å². The molecule has 14 heteroatoms. The Labute approximate surface area is 256 Å². The summed E-state index contributed by atoms with van der Waals surface area (Å²) in [5.74, 6) is -8.24. The molecule has 0 spiro atoms. The Morgan fingerprint density at radius 3 is 2.42 bits per heavy atom. The summed E-state index contributed by atoms with van der Waals surface area (Å²) in [7, 11) is 6.71. The molecule has 45 heavy (non-hydrogen) atoms. The summed E-state index contributed by atoms with van der Waals surface area (Å²) in [6, 6.07) is 3.62. The standard InChI is InChI=1S/C31H32N4O10/c1-11(30(41)42)17-6-7-18(44-17)29-33-15-10-16(34(2)3)13-8-12-9-14-22(35(4)5)24(37)21(28(32)40)27(39)31(14,43)26(38)19(12)23(36)20(13)25(15)45-29/h6-7,10-12,14,22,36,39,43H,8-9H2,1-5H3,(H2,32,40)(H,41,42)/t11?,12-,14-,22-,31-/m0/s1. The number of aliphatic hydroxyl groups excluding tert-OH is 2. The number of Topliss-reactive ketones (excluding diaryl/α,β-unsaturated/α-hetero) is 2. The van der Waals surface area contributed by atoms with Gasteiger partial charge in [-0.3, -0.25) is 24.1 Å². The van der Waals surface area contributed by atoms with Crippen molar-refractivity contribution in [3.05, 3.63) is 52.0 Å². The first-order chi connectivity index (χ1) is 21.1. The summed E-state index contributed by atoms with van der Waals surface area (Å²) in [6.07, 6.45) is 0.213. The van der Waals surface area contributed by atoms with Crippen LogP contribution in [0, 0.1) is 11.8 Å². The van der Waals surface area contributed by atoms with Crippen molar-refractivity contribution >= 4 is 46.0 Å². The number of nitrogens with two attached hydrogens (primary N) is 1. The number of oxazole rings is 1. The molecule has 3 aliphatic rings. The second kappa shape index (κ2) is 10.0. The van der Waals surface area contributed by atoms with Gasteiger partial charge in [-0.05, 0) is 63.5 Å². The molecule has 2 aromatic heterocycles. The van der Waals surface area contributed by atoms with Gasteiger partial charge in [0.1, 0.15) is 34.3 Å². The number of hydrogen-bond acceptors (Lipinski definition) is 12. The van der Waals surface area contributed by atoms with Crippen LogP contribution in [0.5, 0.6) is 0 Å². The third-order valence-electron chi connectivity index (χ3n) is 9.19. The summed E-state index contributed by atoms with van der Waals surface area (Å²) in [4.78, 5) is 59.0. The minimum Gasteiger partial charge on any atom is -0.508 e. The van der Waals surface area contributed by atoms with Gasteiger partial charge in [0.15, 0.2) is 22.7 Å². The number of nitrogens with zero attached hydrogens (tertiary/aromatic N) is 3. The molecule has 1 fully saturated rings. The minimum absolute atomic E-state index is 0.00632. The number of carbonyl (C=O) groups is 4. The molecule has 1 unspecified atom stereocenters. The number of aromatic nitrogens is 1. The number of primary amides is 1. The fraction of sp³-hybridized carbons (Fsp3) is 0.387. The zero-order valence-electron chi connectivity index (χ0n) is 25.1. The van der Waals surface area contributed by atoms with Crippen LogP contribution in [0.25, 0.3) is 28.5 Å². The van der Waals surface area contributed by atoms with E-state index in [0.717, 1.165) is 0 Å². The number of fused-ring (bicyclic) bond motifs is 5. The number of aliphatic carboxylic acids is 1. The predicted octanol–water partition coefficient (Wildman–Crippen LogP) is 1.91. The van der Waals surface area contributed by atoms with E-state index < -0.39 is 69.9 Å². The van der Waals surface area contributed by atoms with E-state index in [1.807, 2.05) is 4.90 Å². The van der Waals surface area contributed by atoms with Crippen molar-refractivity contribution < 1.29 is 48.4 Å². The third kappa shape index (κ3) is 4.12. The molecule has 3 aliphatic carbocycles. The first kappa shape index (κ1) is 30.1. The fourth-order valence-electron chi connectivity index (χ4n) is 7.01. The maximum absolute atomic E-state index is 14.2. The highest BCUT2D eigenvalue weighted by Gasteiger charge is 2.64. The van der Waals surface area contributed by atoms with Gasteiger partial charge in [0.2, 0.25) is 5.78 Å². The molecule has 236 valence electrons. The Kier molecular flexibility index (Phi) is 6.71. The van der Waals surface area contributed by atoms with Crippen LogP contribution in [0.4, 0.5) is 5.69 Å². The fourth-order valence-corrected chi connectivity index (χ4v) is 7.01. The molecule has 1 saturated carbocycles. The Morgan fingerprint density at radius 1 is 1.13 bits per heavy atom. The van der Waals surface area contributed by atoms with Crippen LogP contribution < -0.4 is 10.6 Å². The highest BCUT2D eigenvalue weighted by molar-refractivity contribution is 6.24. The summed E-state index contributed by atoms with van der Waals surface area (Å²) in [5, 5.41) is 44.2. The van der Waals surface area contributed by atoms with Crippen LogP contribution >= 0.6 is 0 Å². The smallest absolute Gasteiger partial charge is 0.313 e. The lowest BCUT2D eigenvalue weighted by atomic mass is 9.57. The first-order valence-electron chi connectivity index (χ1n) is 14.2.